The summed E-state index contributed by atoms with van der Waals surface area (Å²) in [6.45, 7) is -0.319. The van der Waals surface area contributed by atoms with E-state index in [4.69, 9.17) is 14.9 Å². The lowest BCUT2D eigenvalue weighted by molar-refractivity contribution is -0.386. The van der Waals surface area contributed by atoms with Crippen LogP contribution in [0.5, 0.6) is 0 Å². The molecule has 2 N–H and O–H groups in total. The Morgan fingerprint density at radius 2 is 2.00 bits per heavy atom. The van der Waals surface area contributed by atoms with Gasteiger partial charge in [0.1, 0.15) is 13.0 Å². The molecule has 0 aromatic carbocycles. The molecule has 0 aromatic rings. The Balaban J connectivity index is 2.05. The first-order valence-electron chi connectivity index (χ1n) is 3.02. The first-order valence-corrected chi connectivity index (χ1v) is 3.02. The lowest BCUT2D eigenvalue weighted by Gasteiger charge is -2.33. The summed E-state index contributed by atoms with van der Waals surface area (Å²) >= 11 is 0. The van der Waals surface area contributed by atoms with Gasteiger partial charge in [0.2, 0.25) is 0 Å². The van der Waals surface area contributed by atoms with Gasteiger partial charge in [0, 0.05) is 0 Å². The van der Waals surface area contributed by atoms with Crippen LogP contribution < -0.4 is 0 Å². The normalized spacial score (nSPS) is 30.9. The molecule has 2 aliphatic rings. The molecule has 0 bridgehead atoms. The largest absolute Gasteiger partial charge is 0.518 e. The van der Waals surface area contributed by atoms with Gasteiger partial charge in [-0.1, -0.05) is 0 Å². The van der Waals surface area contributed by atoms with Gasteiger partial charge >= 0.3 is 12.1 Å². The number of carbonyl (C=O) groups excluding carboxylic acids is 1. The summed E-state index contributed by atoms with van der Waals surface area (Å²) in [4.78, 5) is 10.2. The maximum Gasteiger partial charge on any atom is 0.518 e. The summed E-state index contributed by atoms with van der Waals surface area (Å²) in [5, 5.41) is 17.9. The monoisotopic (exact) mass is 162 g/mol. The molecule has 1 spiro atoms. The van der Waals surface area contributed by atoms with Crippen molar-refractivity contribution in [2.45, 2.75) is 18.2 Å². The molecule has 0 aliphatic carbocycles. The van der Waals surface area contributed by atoms with Crippen molar-refractivity contribution in [1.29, 1.82) is 0 Å². The van der Waals surface area contributed by atoms with E-state index >= 15 is 0 Å². The molecule has 11 heavy (non-hydrogen) atoms. The number of ether oxygens (including phenoxy) is 3. The van der Waals surface area contributed by atoms with Crippen LogP contribution in [0.25, 0.3) is 0 Å². The van der Waals surface area contributed by atoms with Crippen LogP contribution in [0.3, 0.4) is 0 Å². The van der Waals surface area contributed by atoms with Crippen LogP contribution >= 0.6 is 0 Å². The average molecular weight is 162 g/mol. The van der Waals surface area contributed by atoms with Gasteiger partial charge in [0.05, 0.1) is 0 Å². The second-order valence-corrected chi connectivity index (χ2v) is 2.59. The summed E-state index contributed by atoms with van der Waals surface area (Å²) in [6.07, 6.45) is -1.13. The van der Waals surface area contributed by atoms with Crippen LogP contribution in [-0.2, 0) is 14.2 Å². The van der Waals surface area contributed by atoms with Gasteiger partial charge in [-0.25, -0.2) is 4.79 Å². The number of carbonyl (C=O) groups is 1. The van der Waals surface area contributed by atoms with E-state index in [9.17, 15) is 4.79 Å². The lowest BCUT2D eigenvalue weighted by atomic mass is 10.2. The van der Waals surface area contributed by atoms with Gasteiger partial charge in [-0.2, -0.15) is 0 Å². The molecule has 0 atom stereocenters. The zero-order valence-corrected chi connectivity index (χ0v) is 5.44. The van der Waals surface area contributed by atoms with E-state index in [0.29, 0.717) is 0 Å². The highest BCUT2D eigenvalue weighted by Crippen LogP contribution is 2.39. The third kappa shape index (κ3) is 0.953. The van der Waals surface area contributed by atoms with Gasteiger partial charge in [-0.3, -0.25) is 0 Å². The fraction of sp³-hybridized carbons (Fsp3) is 0.800. The summed E-state index contributed by atoms with van der Waals surface area (Å²) in [5.74, 6) is -3.48. The molecule has 2 fully saturated rings. The minimum atomic E-state index is -1.96. The van der Waals surface area contributed by atoms with Gasteiger partial charge in [-0.05, 0) is 0 Å². The smallest absolute Gasteiger partial charge is 0.365 e. The Morgan fingerprint density at radius 3 is 2.36 bits per heavy atom. The average Bonchev–Trinajstić information content (AvgIpc) is 2.05. The fourth-order valence-corrected chi connectivity index (χ4v) is 1.07. The standard InChI is InChI=1S/C5H6O6/c6-3-10-5(11-3)1-4(7,8)2-9-5/h7-8H,1-2H2. The third-order valence-electron chi connectivity index (χ3n) is 1.50. The number of aliphatic hydroxyl groups is 2. The maximum absolute atomic E-state index is 10.2. The maximum atomic E-state index is 10.2. The Bertz CT molecular complexity index is 201. The quantitative estimate of drug-likeness (QED) is 0.347. The van der Waals surface area contributed by atoms with Gasteiger partial charge in [0.25, 0.3) is 0 Å². The molecule has 0 radical (unpaired) electrons. The highest BCUT2D eigenvalue weighted by Gasteiger charge is 2.61. The van der Waals surface area contributed by atoms with E-state index in [1.54, 1.807) is 0 Å². The van der Waals surface area contributed by atoms with Crippen molar-refractivity contribution in [2.75, 3.05) is 6.61 Å². The molecule has 6 nitrogen and oxygen atoms in total. The number of hydrogen-bond acceptors (Lipinski definition) is 6. The Labute approximate surface area is 61.3 Å². The minimum absolute atomic E-state index is 0.272. The third-order valence-corrected chi connectivity index (χ3v) is 1.50. The van der Waals surface area contributed by atoms with E-state index in [0.717, 1.165) is 0 Å². The summed E-state index contributed by atoms with van der Waals surface area (Å²) < 4.78 is 13.5. The second kappa shape index (κ2) is 1.66. The van der Waals surface area contributed by atoms with E-state index < -0.39 is 17.9 Å². The van der Waals surface area contributed by atoms with E-state index in [2.05, 4.69) is 9.47 Å². The Morgan fingerprint density at radius 1 is 1.36 bits per heavy atom. The predicted octanol–water partition coefficient (Wildman–Crippen LogP) is -1.09. The highest BCUT2D eigenvalue weighted by atomic mass is 17.0. The highest BCUT2D eigenvalue weighted by molar-refractivity contribution is 5.65. The van der Waals surface area contributed by atoms with Gasteiger partial charge in [0.15, 0.2) is 5.79 Å². The molecule has 2 heterocycles. The first kappa shape index (κ1) is 6.84. The molecule has 2 saturated heterocycles. The SMILES string of the molecule is O=C1OC2(CC(O)(O)CO2)O1. The van der Waals surface area contributed by atoms with Gasteiger partial charge in [-0.15, -0.1) is 0 Å². The number of hydrogen-bond donors (Lipinski definition) is 2. The van der Waals surface area contributed by atoms with Crippen molar-refractivity contribution in [3.05, 3.63) is 0 Å². The molecule has 0 amide bonds. The molecule has 0 aromatic heterocycles. The summed E-state index contributed by atoms with van der Waals surface area (Å²) in [5.41, 5.74) is 0. The van der Waals surface area contributed by atoms with Crippen molar-refractivity contribution in [3.8, 4) is 0 Å². The second-order valence-electron chi connectivity index (χ2n) is 2.59. The number of rotatable bonds is 0. The first-order chi connectivity index (χ1) is 5.02. The fourth-order valence-electron chi connectivity index (χ4n) is 1.07. The molecule has 2 rings (SSSR count). The van der Waals surface area contributed by atoms with Crippen molar-refractivity contribution >= 4 is 6.16 Å². The van der Waals surface area contributed by atoms with E-state index in [1.165, 1.54) is 0 Å². The summed E-state index contributed by atoms with van der Waals surface area (Å²) in [6, 6.07) is 0. The van der Waals surface area contributed by atoms with E-state index in [-0.39, 0.29) is 13.0 Å². The minimum Gasteiger partial charge on any atom is -0.365 e. The summed E-state index contributed by atoms with van der Waals surface area (Å²) in [7, 11) is 0. The molecule has 0 unspecified atom stereocenters. The van der Waals surface area contributed by atoms with Crippen LogP contribution in [0.1, 0.15) is 6.42 Å². The topological polar surface area (TPSA) is 85.2 Å². The molecule has 6 heteroatoms. The van der Waals surface area contributed by atoms with Crippen LogP contribution in [0.4, 0.5) is 4.79 Å². The zero-order chi connectivity index (χ0) is 8.11. The lowest BCUT2D eigenvalue weighted by Crippen LogP contribution is -2.50. The molecular weight excluding hydrogens is 156 g/mol. The van der Waals surface area contributed by atoms with E-state index in [1.807, 2.05) is 0 Å². The molecule has 62 valence electrons. The predicted molar refractivity (Wildman–Crippen MR) is 28.0 cm³/mol. The van der Waals surface area contributed by atoms with Crippen molar-refractivity contribution in [2.24, 2.45) is 0 Å². The Kier molecular flexibility index (Phi) is 1.03. The van der Waals surface area contributed by atoms with Crippen molar-refractivity contribution < 1.29 is 29.2 Å². The Hall–Kier alpha value is -0.850. The zero-order valence-electron chi connectivity index (χ0n) is 5.44. The molecule has 0 saturated carbocycles. The van der Waals surface area contributed by atoms with Crippen LogP contribution in [0, 0.1) is 0 Å². The van der Waals surface area contributed by atoms with Crippen molar-refractivity contribution in [3.63, 3.8) is 0 Å². The van der Waals surface area contributed by atoms with Crippen LogP contribution in [-0.4, -0.2) is 34.7 Å². The van der Waals surface area contributed by atoms with Crippen LogP contribution in [0.15, 0.2) is 0 Å². The van der Waals surface area contributed by atoms with Crippen molar-refractivity contribution in [1.82, 2.24) is 0 Å². The van der Waals surface area contributed by atoms with Crippen LogP contribution in [0.2, 0.25) is 0 Å². The molecular formula is C5H6O6. The molecule has 2 aliphatic heterocycles. The van der Waals surface area contributed by atoms with Gasteiger partial charge < -0.3 is 24.4 Å².